The molecule has 0 unspecified atom stereocenters. The summed E-state index contributed by atoms with van der Waals surface area (Å²) >= 11 is 7.51. The van der Waals surface area contributed by atoms with Gasteiger partial charge in [0.25, 0.3) is 0 Å². The van der Waals surface area contributed by atoms with E-state index in [1.54, 1.807) is 12.7 Å². The van der Waals surface area contributed by atoms with E-state index in [2.05, 4.69) is 63.9 Å². The van der Waals surface area contributed by atoms with Gasteiger partial charge in [0.2, 0.25) is 0 Å². The summed E-state index contributed by atoms with van der Waals surface area (Å²) in [6, 6.07) is 12.2. The van der Waals surface area contributed by atoms with Gasteiger partial charge < -0.3 is 0 Å². The molecular weight excluding hydrogens is 566 g/mol. The number of aromatic nitrogens is 4. The van der Waals surface area contributed by atoms with Crippen LogP contribution in [0.3, 0.4) is 0 Å². The molecule has 0 bridgehead atoms. The topological polar surface area (TPSA) is 51.6 Å². The van der Waals surface area contributed by atoms with Crippen LogP contribution in [0.5, 0.6) is 0 Å². The summed E-state index contributed by atoms with van der Waals surface area (Å²) in [4.78, 5) is 17.7. The van der Waals surface area contributed by atoms with E-state index < -0.39 is 0 Å². The van der Waals surface area contributed by atoms with Gasteiger partial charge >= 0.3 is 167 Å². The summed E-state index contributed by atoms with van der Waals surface area (Å²) in [6.07, 6.45) is 3.30. The number of hydrogen-bond acceptors (Lipinski definition) is 4. The Hall–Kier alpha value is -0.881. The van der Waals surface area contributed by atoms with Crippen LogP contribution in [0, 0.1) is 0 Å². The molecule has 0 atom stereocenters. The third kappa shape index (κ3) is 3.40. The van der Waals surface area contributed by atoms with Gasteiger partial charge in [0.15, 0.2) is 0 Å². The molecule has 0 fully saturated rings. The fourth-order valence-electron chi connectivity index (χ4n) is 2.22. The van der Waals surface area contributed by atoms with Crippen LogP contribution >= 0.6 is 31.9 Å². The Morgan fingerprint density at radius 1 is 0.625 bits per heavy atom. The second-order valence-electron chi connectivity index (χ2n) is 4.85. The summed E-state index contributed by atoms with van der Waals surface area (Å²) in [5.74, 6) is 0. The molecule has 4 nitrogen and oxygen atoms in total. The van der Waals surface area contributed by atoms with Gasteiger partial charge in [-0.25, -0.2) is 0 Å². The quantitative estimate of drug-likeness (QED) is 0.353. The second-order valence-corrected chi connectivity index (χ2v) is 12.6. The molecule has 118 valence electrons. The fourth-order valence-corrected chi connectivity index (χ4v) is 9.33. The van der Waals surface area contributed by atoms with Crippen LogP contribution in [0.2, 0.25) is 0 Å². The van der Waals surface area contributed by atoms with E-state index in [4.69, 9.17) is 0 Å². The average Bonchev–Trinajstić information content (AvgIpc) is 2.60. The van der Waals surface area contributed by atoms with Crippen molar-refractivity contribution in [1.82, 2.24) is 19.9 Å². The van der Waals surface area contributed by atoms with E-state index in [9.17, 15) is 0 Å². The van der Waals surface area contributed by atoms with Crippen molar-refractivity contribution >= 4 is 89.1 Å². The van der Waals surface area contributed by atoms with E-state index in [1.807, 2.05) is 24.3 Å². The molecule has 0 N–H and O–H groups in total. The first-order valence-corrected chi connectivity index (χ1v) is 14.5. The maximum absolute atomic E-state index is 4.52. The molecule has 0 saturated heterocycles. The molecule has 0 aliphatic rings. The number of halogens is 2. The Kier molecular flexibility index (Phi) is 4.95. The van der Waals surface area contributed by atoms with Crippen LogP contribution < -0.4 is 9.18 Å². The van der Waals surface area contributed by atoms with Crippen LogP contribution in [0.25, 0.3) is 21.8 Å². The first-order valence-electron chi connectivity index (χ1n) is 6.86. The molecule has 2 heterocycles. The minimum absolute atomic E-state index is 0.221. The minimum atomic E-state index is 0.221. The maximum atomic E-state index is 4.52. The molecule has 24 heavy (non-hydrogen) atoms. The zero-order valence-electron chi connectivity index (χ0n) is 12.0. The number of hydrogen-bond donors (Lipinski definition) is 0. The monoisotopic (exact) mass is 574 g/mol. The van der Waals surface area contributed by atoms with Crippen LogP contribution in [-0.2, 0) is 0 Å². The number of nitrogens with zero attached hydrogens (tertiary/aromatic N) is 4. The van der Waals surface area contributed by atoms with Crippen molar-refractivity contribution in [2.24, 2.45) is 0 Å². The van der Waals surface area contributed by atoms with Gasteiger partial charge in [-0.3, -0.25) is 0 Å². The average molecular weight is 574 g/mol. The van der Waals surface area contributed by atoms with Crippen molar-refractivity contribution in [1.29, 1.82) is 0 Å². The first-order chi connectivity index (χ1) is 11.7. The Morgan fingerprint density at radius 3 is 1.54 bits per heavy atom. The fraction of sp³-hybridized carbons (Fsp3) is 0. The molecule has 0 aliphatic carbocycles. The van der Waals surface area contributed by atoms with Gasteiger partial charge in [0.05, 0.1) is 0 Å². The Labute approximate surface area is 166 Å². The second kappa shape index (κ2) is 7.16. The zero-order chi connectivity index (χ0) is 16.5. The van der Waals surface area contributed by atoms with Gasteiger partial charge in [-0.1, -0.05) is 0 Å². The van der Waals surface area contributed by atoms with E-state index in [1.165, 1.54) is 0 Å². The molecule has 8 heteroatoms. The Bertz CT molecular complexity index is 973. The SMILES string of the molecule is Brc1ccc2ncnc([Se][Se]c3ncnc4ccc(Br)cc34)c2c1. The van der Waals surface area contributed by atoms with E-state index in [0.29, 0.717) is 0 Å². The first kappa shape index (κ1) is 16.6. The van der Waals surface area contributed by atoms with Gasteiger partial charge in [-0.2, -0.15) is 0 Å². The van der Waals surface area contributed by atoms with Crippen molar-refractivity contribution in [2.75, 3.05) is 0 Å². The normalized spacial score (nSPS) is 11.2. The third-order valence-corrected chi connectivity index (χ3v) is 10.9. The molecule has 2 aromatic heterocycles. The van der Waals surface area contributed by atoms with Crippen LogP contribution in [0.4, 0.5) is 0 Å². The molecule has 0 radical (unpaired) electrons. The predicted molar refractivity (Wildman–Crippen MR) is 105 cm³/mol. The van der Waals surface area contributed by atoms with Gasteiger partial charge in [0, 0.05) is 0 Å². The van der Waals surface area contributed by atoms with Crippen LogP contribution in [-0.4, -0.2) is 46.2 Å². The van der Waals surface area contributed by atoms with Crippen molar-refractivity contribution < 1.29 is 0 Å². The van der Waals surface area contributed by atoms with Crippen LogP contribution in [0.1, 0.15) is 0 Å². The molecule has 4 rings (SSSR count). The Balaban J connectivity index is 1.71. The van der Waals surface area contributed by atoms with E-state index in [-0.39, 0.29) is 26.3 Å². The molecule has 0 amide bonds. The number of rotatable bonds is 3. The zero-order valence-corrected chi connectivity index (χ0v) is 18.6. The number of benzene rings is 2. The summed E-state index contributed by atoms with van der Waals surface area (Å²) < 4.78 is 4.34. The summed E-state index contributed by atoms with van der Waals surface area (Å²) in [5, 5.41) is 2.24. The van der Waals surface area contributed by atoms with Gasteiger partial charge in [0.1, 0.15) is 0 Å². The summed E-state index contributed by atoms with van der Waals surface area (Å²) in [5.41, 5.74) is 1.97. The van der Waals surface area contributed by atoms with Crippen molar-refractivity contribution in [3.8, 4) is 0 Å². The van der Waals surface area contributed by atoms with Crippen LogP contribution in [0.15, 0.2) is 58.0 Å². The predicted octanol–water partition coefficient (Wildman–Crippen LogP) is 2.37. The molecule has 0 saturated carbocycles. The van der Waals surface area contributed by atoms with Gasteiger partial charge in [-0.15, -0.1) is 0 Å². The molecular formula is C16H8Br2N4Se2. The van der Waals surface area contributed by atoms with Crippen molar-refractivity contribution in [3.63, 3.8) is 0 Å². The summed E-state index contributed by atoms with van der Waals surface area (Å²) in [6.45, 7) is 0. The Morgan fingerprint density at radius 2 is 1.08 bits per heavy atom. The number of fused-ring (bicyclic) bond motifs is 2. The standard InChI is InChI=1S/C16H8Br2N4Se2/c17-9-1-3-13-11(5-9)15(21-7-19-13)23-24-16-12-6-10(18)2-4-14(12)20-8-22-16/h1-8H. The molecule has 2 aromatic carbocycles. The summed E-state index contributed by atoms with van der Waals surface area (Å²) in [7, 11) is 0. The molecule has 0 spiro atoms. The van der Waals surface area contributed by atoms with E-state index in [0.717, 1.165) is 39.9 Å². The third-order valence-electron chi connectivity index (χ3n) is 3.32. The van der Waals surface area contributed by atoms with Crippen molar-refractivity contribution in [3.05, 3.63) is 58.0 Å². The van der Waals surface area contributed by atoms with E-state index >= 15 is 0 Å². The molecule has 0 aliphatic heterocycles. The van der Waals surface area contributed by atoms with Gasteiger partial charge in [-0.05, 0) is 0 Å². The van der Waals surface area contributed by atoms with Crippen molar-refractivity contribution in [2.45, 2.75) is 0 Å². The molecule has 4 aromatic rings.